The van der Waals surface area contributed by atoms with E-state index in [2.05, 4.69) is 10.0 Å². The van der Waals surface area contributed by atoms with Gasteiger partial charge in [0.25, 0.3) is 0 Å². The molecule has 2 aromatic rings. The summed E-state index contributed by atoms with van der Waals surface area (Å²) in [5.41, 5.74) is 1.76. The van der Waals surface area contributed by atoms with Crippen LogP contribution in [0.2, 0.25) is 5.02 Å². The van der Waals surface area contributed by atoms with Crippen molar-refractivity contribution in [3.8, 4) is 0 Å². The lowest BCUT2D eigenvalue weighted by Crippen LogP contribution is -2.30. The Balaban J connectivity index is 1.91. The van der Waals surface area contributed by atoms with Crippen LogP contribution in [0.5, 0.6) is 0 Å². The van der Waals surface area contributed by atoms with Gasteiger partial charge < -0.3 is 10.4 Å². The van der Waals surface area contributed by atoms with Crippen LogP contribution in [0.3, 0.4) is 0 Å². The highest BCUT2D eigenvalue weighted by molar-refractivity contribution is 7.89. The molecule has 3 rings (SSSR count). The van der Waals surface area contributed by atoms with Crippen molar-refractivity contribution in [3.63, 3.8) is 0 Å². The van der Waals surface area contributed by atoms with E-state index in [0.29, 0.717) is 22.7 Å². The summed E-state index contributed by atoms with van der Waals surface area (Å²) < 4.78 is 28.1. The van der Waals surface area contributed by atoms with Crippen molar-refractivity contribution in [2.45, 2.75) is 30.2 Å². The number of halogens is 1. The van der Waals surface area contributed by atoms with Gasteiger partial charge in [0.1, 0.15) is 0 Å². The van der Waals surface area contributed by atoms with Crippen LogP contribution in [-0.4, -0.2) is 25.4 Å². The predicted molar refractivity (Wildman–Crippen MR) is 100 cm³/mol. The Morgan fingerprint density at radius 3 is 2.70 bits per heavy atom. The Labute approximate surface area is 161 Å². The van der Waals surface area contributed by atoms with Crippen LogP contribution < -0.4 is 10.0 Å². The minimum Gasteiger partial charge on any atom is -0.481 e. The second kappa shape index (κ2) is 7.67. The highest BCUT2D eigenvalue weighted by Crippen LogP contribution is 2.27. The van der Waals surface area contributed by atoms with Crippen LogP contribution in [0.1, 0.15) is 30.0 Å². The van der Waals surface area contributed by atoms with Gasteiger partial charge in [-0.15, -0.1) is 0 Å². The molecular weight excluding hydrogens is 392 g/mol. The molecule has 0 saturated heterocycles. The number of carbonyl (C=O) groups is 2. The van der Waals surface area contributed by atoms with Crippen LogP contribution in [0.25, 0.3) is 0 Å². The van der Waals surface area contributed by atoms with Gasteiger partial charge in [0.15, 0.2) is 0 Å². The third-order valence-electron chi connectivity index (χ3n) is 4.21. The van der Waals surface area contributed by atoms with Crippen molar-refractivity contribution < 1.29 is 23.1 Å². The Bertz CT molecular complexity index is 1010. The van der Waals surface area contributed by atoms with E-state index in [1.165, 1.54) is 24.3 Å². The zero-order valence-corrected chi connectivity index (χ0v) is 15.7. The molecular formula is C18H17ClN2O5S. The number of amides is 1. The molecule has 1 aliphatic rings. The first-order valence-electron chi connectivity index (χ1n) is 8.17. The second-order valence-electron chi connectivity index (χ2n) is 6.19. The van der Waals surface area contributed by atoms with E-state index in [1.54, 1.807) is 18.2 Å². The Morgan fingerprint density at radius 1 is 1.22 bits per heavy atom. The second-order valence-corrected chi connectivity index (χ2v) is 8.34. The van der Waals surface area contributed by atoms with E-state index in [0.717, 1.165) is 5.56 Å². The maximum atomic E-state index is 12.8. The summed E-state index contributed by atoms with van der Waals surface area (Å²) in [6.45, 7) is 0. The highest BCUT2D eigenvalue weighted by atomic mass is 35.5. The first-order chi connectivity index (χ1) is 12.7. The zero-order valence-electron chi connectivity index (χ0n) is 14.1. The summed E-state index contributed by atoms with van der Waals surface area (Å²) in [5.74, 6) is -1.26. The summed E-state index contributed by atoms with van der Waals surface area (Å²) >= 11 is 5.95. The molecule has 1 atom stereocenters. The van der Waals surface area contributed by atoms with E-state index in [1.807, 2.05) is 0 Å². The molecule has 0 aliphatic carbocycles. The number of rotatable bonds is 6. The van der Waals surface area contributed by atoms with Gasteiger partial charge in [0, 0.05) is 17.1 Å². The third kappa shape index (κ3) is 4.65. The number of carboxylic acid groups (broad SMARTS) is 1. The number of sulfonamides is 1. The molecule has 0 spiro atoms. The van der Waals surface area contributed by atoms with Gasteiger partial charge in [0.05, 0.1) is 17.4 Å². The molecule has 1 aliphatic heterocycles. The molecule has 3 N–H and O–H groups in total. The molecule has 0 bridgehead atoms. The SMILES string of the molecule is O=C(O)CC(NS(=O)(=O)c1ccc2c(c1)CCC(=O)N2)c1cccc(Cl)c1. The fourth-order valence-electron chi connectivity index (χ4n) is 2.91. The maximum Gasteiger partial charge on any atom is 0.305 e. The quantitative estimate of drug-likeness (QED) is 0.680. The van der Waals surface area contributed by atoms with Crippen LogP contribution >= 0.6 is 11.6 Å². The van der Waals surface area contributed by atoms with Crippen LogP contribution in [-0.2, 0) is 26.0 Å². The fourth-order valence-corrected chi connectivity index (χ4v) is 4.38. The van der Waals surface area contributed by atoms with Crippen LogP contribution in [0.4, 0.5) is 5.69 Å². The Hall–Kier alpha value is -2.42. The van der Waals surface area contributed by atoms with Crippen LogP contribution in [0.15, 0.2) is 47.4 Å². The van der Waals surface area contributed by atoms with Gasteiger partial charge >= 0.3 is 5.97 Å². The maximum absolute atomic E-state index is 12.8. The Morgan fingerprint density at radius 2 is 2.00 bits per heavy atom. The number of benzene rings is 2. The first kappa shape index (κ1) is 19.3. The van der Waals surface area contributed by atoms with E-state index < -0.39 is 28.5 Å². The predicted octanol–water partition coefficient (Wildman–Crippen LogP) is 2.72. The topological polar surface area (TPSA) is 113 Å². The number of carbonyl (C=O) groups excluding carboxylic acids is 1. The van der Waals surface area contributed by atoms with E-state index >= 15 is 0 Å². The molecule has 1 heterocycles. The number of hydrogen-bond donors (Lipinski definition) is 3. The van der Waals surface area contributed by atoms with E-state index in [-0.39, 0.29) is 17.2 Å². The van der Waals surface area contributed by atoms with Crippen molar-refractivity contribution in [2.75, 3.05) is 5.32 Å². The largest absolute Gasteiger partial charge is 0.481 e. The summed E-state index contributed by atoms with van der Waals surface area (Å²) in [4.78, 5) is 22.6. The van der Waals surface area contributed by atoms with Gasteiger partial charge in [-0.25, -0.2) is 13.1 Å². The molecule has 0 radical (unpaired) electrons. The number of aliphatic carboxylic acids is 1. The molecule has 0 aromatic heterocycles. The van der Waals surface area contributed by atoms with Crippen molar-refractivity contribution in [1.82, 2.24) is 4.72 Å². The van der Waals surface area contributed by atoms with Crippen molar-refractivity contribution in [1.29, 1.82) is 0 Å². The molecule has 1 amide bonds. The van der Waals surface area contributed by atoms with Gasteiger partial charge in [0.2, 0.25) is 15.9 Å². The molecule has 0 fully saturated rings. The highest BCUT2D eigenvalue weighted by Gasteiger charge is 2.25. The van der Waals surface area contributed by atoms with E-state index in [9.17, 15) is 18.0 Å². The smallest absolute Gasteiger partial charge is 0.305 e. The standard InChI is InChI=1S/C18H17ClN2O5S/c19-13-3-1-2-11(8-13)16(10-18(23)24)21-27(25,26)14-5-6-15-12(9-14)4-7-17(22)20-15/h1-3,5-6,8-9,16,21H,4,7,10H2,(H,20,22)(H,23,24). The number of aryl methyl sites for hydroxylation is 1. The van der Waals surface area contributed by atoms with Gasteiger partial charge in [-0.1, -0.05) is 23.7 Å². The fraction of sp³-hybridized carbons (Fsp3) is 0.222. The molecule has 27 heavy (non-hydrogen) atoms. The first-order valence-corrected chi connectivity index (χ1v) is 10.0. The monoisotopic (exact) mass is 408 g/mol. The summed E-state index contributed by atoms with van der Waals surface area (Å²) in [6.07, 6.45) is 0.298. The molecule has 2 aromatic carbocycles. The average Bonchev–Trinajstić information content (AvgIpc) is 2.60. The van der Waals surface area contributed by atoms with Crippen molar-refractivity contribution in [2.24, 2.45) is 0 Å². The summed E-state index contributed by atoms with van der Waals surface area (Å²) in [6, 6.07) is 9.83. The lowest BCUT2D eigenvalue weighted by Gasteiger charge is -2.20. The van der Waals surface area contributed by atoms with Crippen molar-refractivity contribution in [3.05, 3.63) is 58.6 Å². The van der Waals surface area contributed by atoms with Gasteiger partial charge in [-0.3, -0.25) is 9.59 Å². The minimum absolute atomic E-state index is 0.00909. The van der Waals surface area contributed by atoms with Gasteiger partial charge in [-0.2, -0.15) is 0 Å². The molecule has 9 heteroatoms. The number of carboxylic acids is 1. The minimum atomic E-state index is -3.98. The van der Waals surface area contributed by atoms with Crippen molar-refractivity contribution >= 4 is 39.2 Å². The van der Waals surface area contributed by atoms with Crippen LogP contribution in [0, 0.1) is 0 Å². The molecule has 142 valence electrons. The molecule has 1 unspecified atom stereocenters. The summed E-state index contributed by atoms with van der Waals surface area (Å²) in [7, 11) is -3.98. The third-order valence-corrected chi connectivity index (χ3v) is 5.91. The zero-order chi connectivity index (χ0) is 19.6. The molecule has 7 nitrogen and oxygen atoms in total. The lowest BCUT2D eigenvalue weighted by atomic mass is 10.0. The number of hydrogen-bond acceptors (Lipinski definition) is 4. The number of fused-ring (bicyclic) bond motifs is 1. The van der Waals surface area contributed by atoms with E-state index in [4.69, 9.17) is 16.7 Å². The van der Waals surface area contributed by atoms with Gasteiger partial charge in [-0.05, 0) is 47.9 Å². The molecule has 0 saturated carbocycles. The normalized spacial score (nSPS) is 14.9. The average molecular weight is 409 g/mol. The Kier molecular flexibility index (Phi) is 5.50. The number of anilines is 1. The number of nitrogens with one attached hydrogen (secondary N) is 2. The lowest BCUT2D eigenvalue weighted by molar-refractivity contribution is -0.137. The summed E-state index contributed by atoms with van der Waals surface area (Å²) in [5, 5.41) is 12.2.